The van der Waals surface area contributed by atoms with E-state index in [1.807, 2.05) is 13.8 Å². The molecule has 1 amide bonds. The summed E-state index contributed by atoms with van der Waals surface area (Å²) in [6.45, 7) is 10.1. The van der Waals surface area contributed by atoms with E-state index < -0.39 is 0 Å². The van der Waals surface area contributed by atoms with Gasteiger partial charge in [-0.05, 0) is 38.0 Å². The topological polar surface area (TPSA) is 38.8 Å². The van der Waals surface area contributed by atoms with Crippen LogP contribution in [0, 0.1) is 5.92 Å². The second-order valence-corrected chi connectivity index (χ2v) is 5.05. The fourth-order valence-electron chi connectivity index (χ4n) is 1.87. The Balaban J connectivity index is 2.94. The molecule has 20 heavy (non-hydrogen) atoms. The van der Waals surface area contributed by atoms with Crippen molar-refractivity contribution < 1.29 is 14.3 Å². The number of rotatable bonds is 7. The maximum atomic E-state index is 12.3. The van der Waals surface area contributed by atoms with Gasteiger partial charge in [-0.25, -0.2) is 0 Å². The molecular weight excluding hydrogens is 254 g/mol. The van der Waals surface area contributed by atoms with Gasteiger partial charge in [0.25, 0.3) is 5.91 Å². The van der Waals surface area contributed by atoms with Crippen molar-refractivity contribution in [3.05, 3.63) is 23.8 Å². The second kappa shape index (κ2) is 7.78. The van der Waals surface area contributed by atoms with Crippen molar-refractivity contribution in [2.75, 3.05) is 26.8 Å². The average Bonchev–Trinajstić information content (AvgIpc) is 2.45. The Morgan fingerprint density at radius 3 is 2.35 bits per heavy atom. The van der Waals surface area contributed by atoms with E-state index in [0.717, 1.165) is 0 Å². The van der Waals surface area contributed by atoms with E-state index in [0.29, 0.717) is 42.7 Å². The predicted octanol–water partition coefficient (Wildman–Crippen LogP) is 3.21. The van der Waals surface area contributed by atoms with Crippen LogP contribution in [0.2, 0.25) is 0 Å². The number of hydrogen-bond acceptors (Lipinski definition) is 3. The normalized spacial score (nSPS) is 10.5. The summed E-state index contributed by atoms with van der Waals surface area (Å²) >= 11 is 0. The van der Waals surface area contributed by atoms with Gasteiger partial charge in [-0.3, -0.25) is 4.79 Å². The summed E-state index contributed by atoms with van der Waals surface area (Å²) in [5.74, 6) is 1.74. The molecular formula is C16H25NO3. The Morgan fingerprint density at radius 2 is 1.85 bits per heavy atom. The van der Waals surface area contributed by atoms with Gasteiger partial charge in [0, 0.05) is 18.7 Å². The number of methoxy groups -OCH3 is 1. The lowest BCUT2D eigenvalue weighted by Gasteiger charge is -2.19. The van der Waals surface area contributed by atoms with Crippen LogP contribution in [0.4, 0.5) is 0 Å². The third-order valence-corrected chi connectivity index (χ3v) is 3.03. The van der Waals surface area contributed by atoms with Crippen LogP contribution < -0.4 is 9.47 Å². The Bertz CT molecular complexity index is 439. The Kier molecular flexibility index (Phi) is 6.36. The predicted molar refractivity (Wildman–Crippen MR) is 80.6 cm³/mol. The van der Waals surface area contributed by atoms with Gasteiger partial charge in [-0.15, -0.1) is 0 Å². The third-order valence-electron chi connectivity index (χ3n) is 3.03. The van der Waals surface area contributed by atoms with Gasteiger partial charge in [-0.1, -0.05) is 13.8 Å². The Hall–Kier alpha value is -1.71. The maximum Gasteiger partial charge on any atom is 0.253 e. The van der Waals surface area contributed by atoms with Crippen LogP contribution >= 0.6 is 0 Å². The minimum Gasteiger partial charge on any atom is -0.493 e. The van der Waals surface area contributed by atoms with Gasteiger partial charge >= 0.3 is 0 Å². The molecule has 0 saturated carbocycles. The van der Waals surface area contributed by atoms with Crippen LogP contribution in [-0.2, 0) is 0 Å². The van der Waals surface area contributed by atoms with Crippen molar-refractivity contribution in [1.29, 1.82) is 0 Å². The van der Waals surface area contributed by atoms with Crippen molar-refractivity contribution in [3.63, 3.8) is 0 Å². The SMILES string of the molecule is CCN(CC)C(=O)c1ccc(OCC(C)C)c(OC)c1. The molecule has 1 aromatic carbocycles. The summed E-state index contributed by atoms with van der Waals surface area (Å²) in [6.07, 6.45) is 0. The molecule has 4 heteroatoms. The molecule has 0 aliphatic heterocycles. The molecule has 0 aromatic heterocycles. The molecule has 0 aliphatic rings. The van der Waals surface area contributed by atoms with Gasteiger partial charge in [0.05, 0.1) is 13.7 Å². The number of carbonyl (C=O) groups is 1. The molecule has 0 saturated heterocycles. The summed E-state index contributed by atoms with van der Waals surface area (Å²) in [4.78, 5) is 14.1. The van der Waals surface area contributed by atoms with E-state index in [2.05, 4.69) is 13.8 Å². The molecule has 1 aromatic rings. The fourth-order valence-corrected chi connectivity index (χ4v) is 1.87. The van der Waals surface area contributed by atoms with Gasteiger partial charge in [-0.2, -0.15) is 0 Å². The van der Waals surface area contributed by atoms with Gasteiger partial charge in [0.1, 0.15) is 0 Å². The van der Waals surface area contributed by atoms with Crippen LogP contribution in [0.15, 0.2) is 18.2 Å². The molecule has 0 atom stereocenters. The van der Waals surface area contributed by atoms with Crippen molar-refractivity contribution in [2.45, 2.75) is 27.7 Å². The average molecular weight is 279 g/mol. The molecule has 0 aliphatic carbocycles. The zero-order valence-electron chi connectivity index (χ0n) is 13.1. The van der Waals surface area contributed by atoms with Crippen LogP contribution in [-0.4, -0.2) is 37.6 Å². The van der Waals surface area contributed by atoms with E-state index in [9.17, 15) is 4.79 Å². The van der Waals surface area contributed by atoms with E-state index in [-0.39, 0.29) is 5.91 Å². The number of hydrogen-bond donors (Lipinski definition) is 0. The van der Waals surface area contributed by atoms with Gasteiger partial charge in [0.2, 0.25) is 0 Å². The second-order valence-electron chi connectivity index (χ2n) is 5.05. The van der Waals surface area contributed by atoms with Crippen molar-refractivity contribution >= 4 is 5.91 Å². The van der Waals surface area contributed by atoms with Crippen LogP contribution in [0.3, 0.4) is 0 Å². The smallest absolute Gasteiger partial charge is 0.253 e. The molecule has 0 radical (unpaired) electrons. The Morgan fingerprint density at radius 1 is 1.20 bits per heavy atom. The first-order valence-electron chi connectivity index (χ1n) is 7.13. The minimum absolute atomic E-state index is 0.0173. The van der Waals surface area contributed by atoms with Crippen LogP contribution in [0.1, 0.15) is 38.1 Å². The molecule has 1 rings (SSSR count). The van der Waals surface area contributed by atoms with Crippen molar-refractivity contribution in [2.24, 2.45) is 5.92 Å². The van der Waals surface area contributed by atoms with E-state index in [4.69, 9.17) is 9.47 Å². The number of nitrogens with zero attached hydrogens (tertiary/aromatic N) is 1. The Labute approximate surface area is 121 Å². The minimum atomic E-state index is 0.0173. The number of benzene rings is 1. The van der Waals surface area contributed by atoms with Crippen LogP contribution in [0.5, 0.6) is 11.5 Å². The standard InChI is InChI=1S/C16H25NO3/c1-6-17(7-2)16(18)13-8-9-14(15(10-13)19-5)20-11-12(3)4/h8-10,12H,6-7,11H2,1-5H3. The summed E-state index contributed by atoms with van der Waals surface area (Å²) in [7, 11) is 1.59. The van der Waals surface area contributed by atoms with Crippen molar-refractivity contribution in [1.82, 2.24) is 4.90 Å². The molecule has 0 heterocycles. The molecule has 4 nitrogen and oxygen atoms in total. The van der Waals surface area contributed by atoms with E-state index >= 15 is 0 Å². The molecule has 0 spiro atoms. The molecule has 0 N–H and O–H groups in total. The quantitative estimate of drug-likeness (QED) is 0.769. The van der Waals surface area contributed by atoms with Gasteiger partial charge in [0.15, 0.2) is 11.5 Å². The first-order valence-corrected chi connectivity index (χ1v) is 7.13. The summed E-state index contributed by atoms with van der Waals surface area (Å²) < 4.78 is 11.0. The number of amides is 1. The first kappa shape index (κ1) is 16.3. The lowest BCUT2D eigenvalue weighted by atomic mass is 10.1. The van der Waals surface area contributed by atoms with Crippen molar-refractivity contribution in [3.8, 4) is 11.5 Å². The monoisotopic (exact) mass is 279 g/mol. The summed E-state index contributed by atoms with van der Waals surface area (Å²) in [5.41, 5.74) is 0.627. The largest absolute Gasteiger partial charge is 0.493 e. The summed E-state index contributed by atoms with van der Waals surface area (Å²) in [5, 5.41) is 0. The zero-order chi connectivity index (χ0) is 15.1. The molecule has 0 unspecified atom stereocenters. The first-order chi connectivity index (χ1) is 9.53. The lowest BCUT2D eigenvalue weighted by molar-refractivity contribution is 0.0772. The highest BCUT2D eigenvalue weighted by atomic mass is 16.5. The highest BCUT2D eigenvalue weighted by molar-refractivity contribution is 5.94. The third kappa shape index (κ3) is 4.15. The fraction of sp³-hybridized carbons (Fsp3) is 0.562. The summed E-state index contributed by atoms with van der Waals surface area (Å²) in [6, 6.07) is 5.34. The van der Waals surface area contributed by atoms with Gasteiger partial charge < -0.3 is 14.4 Å². The maximum absolute atomic E-state index is 12.3. The molecule has 112 valence electrons. The van der Waals surface area contributed by atoms with Crippen LogP contribution in [0.25, 0.3) is 0 Å². The highest BCUT2D eigenvalue weighted by Gasteiger charge is 2.15. The number of ether oxygens (including phenoxy) is 2. The van der Waals surface area contributed by atoms with E-state index in [1.165, 1.54) is 0 Å². The number of carbonyl (C=O) groups excluding carboxylic acids is 1. The van der Waals surface area contributed by atoms with E-state index in [1.54, 1.807) is 30.2 Å². The molecule has 0 bridgehead atoms. The zero-order valence-corrected chi connectivity index (χ0v) is 13.1. The highest BCUT2D eigenvalue weighted by Crippen LogP contribution is 2.29. The molecule has 0 fully saturated rings. The lowest BCUT2D eigenvalue weighted by Crippen LogP contribution is -2.30.